The Morgan fingerprint density at radius 3 is 2.82 bits per heavy atom. The number of nitrogens with one attached hydrogen (secondary N) is 2. The summed E-state index contributed by atoms with van der Waals surface area (Å²) in [4.78, 5) is 36.4. The number of hydrogen-bond donors (Lipinski definition) is 2. The van der Waals surface area contributed by atoms with E-state index in [1.165, 1.54) is 0 Å². The number of hydrogen-bond acceptors (Lipinski definition) is 3. The van der Waals surface area contributed by atoms with Gasteiger partial charge in [0.1, 0.15) is 5.54 Å². The number of carbonyl (C=O) groups excluding carboxylic acids is 3. The number of imide groups is 1. The van der Waals surface area contributed by atoms with E-state index in [9.17, 15) is 14.4 Å². The first-order valence-electron chi connectivity index (χ1n) is 5.99. The van der Waals surface area contributed by atoms with Crippen molar-refractivity contribution >= 4 is 17.8 Å². The van der Waals surface area contributed by atoms with Crippen molar-refractivity contribution in [1.82, 2.24) is 15.5 Å². The predicted molar refractivity (Wildman–Crippen MR) is 60.1 cm³/mol. The zero-order valence-electron chi connectivity index (χ0n) is 9.91. The van der Waals surface area contributed by atoms with Crippen LogP contribution in [-0.4, -0.2) is 41.4 Å². The van der Waals surface area contributed by atoms with Gasteiger partial charge in [0.05, 0.1) is 6.54 Å². The lowest BCUT2D eigenvalue weighted by Crippen LogP contribution is -2.59. The van der Waals surface area contributed by atoms with Crippen LogP contribution in [0.3, 0.4) is 0 Å². The average molecular weight is 239 g/mol. The van der Waals surface area contributed by atoms with E-state index in [1.54, 1.807) is 4.90 Å². The summed E-state index contributed by atoms with van der Waals surface area (Å²) >= 11 is 0. The van der Waals surface area contributed by atoms with Crippen LogP contribution >= 0.6 is 0 Å². The van der Waals surface area contributed by atoms with E-state index >= 15 is 0 Å². The zero-order chi connectivity index (χ0) is 12.5. The third kappa shape index (κ3) is 2.11. The van der Waals surface area contributed by atoms with E-state index in [0.717, 1.165) is 12.8 Å². The van der Waals surface area contributed by atoms with Crippen molar-refractivity contribution in [2.45, 2.75) is 38.1 Å². The summed E-state index contributed by atoms with van der Waals surface area (Å²) in [7, 11) is 0. The standard InChI is InChI=1S/C11H17N3O3/c1-2-4-8(15)14-6-3-5-11(7-14)9(16)12-10(17)13-11/h2-7H2,1H3,(H2,12,13,16,17). The molecule has 0 aromatic heterocycles. The summed E-state index contributed by atoms with van der Waals surface area (Å²) in [6.45, 7) is 2.91. The quantitative estimate of drug-likeness (QED) is 0.665. The number of urea groups is 1. The van der Waals surface area contributed by atoms with Crippen molar-refractivity contribution in [3.05, 3.63) is 0 Å². The highest BCUT2D eigenvalue weighted by Crippen LogP contribution is 2.24. The highest BCUT2D eigenvalue weighted by Gasteiger charge is 2.49. The first kappa shape index (κ1) is 11.9. The molecule has 2 heterocycles. The van der Waals surface area contributed by atoms with Crippen LogP contribution in [0.2, 0.25) is 0 Å². The highest BCUT2D eigenvalue weighted by atomic mass is 16.2. The molecular formula is C11H17N3O3. The first-order valence-corrected chi connectivity index (χ1v) is 5.99. The summed E-state index contributed by atoms with van der Waals surface area (Å²) in [6.07, 6.45) is 2.62. The van der Waals surface area contributed by atoms with Crippen LogP contribution in [0.4, 0.5) is 4.79 Å². The third-order valence-corrected chi connectivity index (χ3v) is 3.32. The summed E-state index contributed by atoms with van der Waals surface area (Å²) in [5.41, 5.74) is -0.890. The Kier molecular flexibility index (Phi) is 3.04. The van der Waals surface area contributed by atoms with Crippen LogP contribution in [-0.2, 0) is 9.59 Å². The number of carbonyl (C=O) groups is 3. The molecule has 0 aromatic rings. The van der Waals surface area contributed by atoms with E-state index in [-0.39, 0.29) is 11.8 Å². The fourth-order valence-corrected chi connectivity index (χ4v) is 2.46. The van der Waals surface area contributed by atoms with Crippen LogP contribution in [0, 0.1) is 0 Å². The molecule has 0 saturated carbocycles. The molecule has 2 aliphatic rings. The highest BCUT2D eigenvalue weighted by molar-refractivity contribution is 6.07. The van der Waals surface area contributed by atoms with Gasteiger partial charge in [-0.2, -0.15) is 0 Å². The van der Waals surface area contributed by atoms with E-state index in [1.807, 2.05) is 6.92 Å². The van der Waals surface area contributed by atoms with Gasteiger partial charge in [0.25, 0.3) is 5.91 Å². The first-order chi connectivity index (χ1) is 8.07. The fourth-order valence-electron chi connectivity index (χ4n) is 2.46. The van der Waals surface area contributed by atoms with Gasteiger partial charge in [-0.05, 0) is 19.3 Å². The number of amides is 4. The monoisotopic (exact) mass is 239 g/mol. The van der Waals surface area contributed by atoms with E-state index in [2.05, 4.69) is 10.6 Å². The van der Waals surface area contributed by atoms with Gasteiger partial charge in [-0.3, -0.25) is 14.9 Å². The number of likely N-dealkylation sites (tertiary alicyclic amines) is 1. The van der Waals surface area contributed by atoms with Gasteiger partial charge < -0.3 is 10.2 Å². The molecule has 17 heavy (non-hydrogen) atoms. The lowest BCUT2D eigenvalue weighted by molar-refractivity contribution is -0.136. The van der Waals surface area contributed by atoms with Crippen molar-refractivity contribution < 1.29 is 14.4 Å². The van der Waals surface area contributed by atoms with Crippen molar-refractivity contribution in [2.75, 3.05) is 13.1 Å². The normalized spacial score (nSPS) is 28.2. The van der Waals surface area contributed by atoms with Crippen LogP contribution < -0.4 is 10.6 Å². The van der Waals surface area contributed by atoms with Gasteiger partial charge >= 0.3 is 6.03 Å². The molecule has 1 atom stereocenters. The second kappa shape index (κ2) is 4.35. The van der Waals surface area contributed by atoms with Crippen LogP contribution in [0.15, 0.2) is 0 Å². The maximum absolute atomic E-state index is 11.8. The van der Waals surface area contributed by atoms with Gasteiger partial charge in [0, 0.05) is 13.0 Å². The van der Waals surface area contributed by atoms with Crippen molar-refractivity contribution in [1.29, 1.82) is 0 Å². The second-order valence-corrected chi connectivity index (χ2v) is 4.66. The Labute approximate surface area is 99.7 Å². The molecule has 0 bridgehead atoms. The third-order valence-electron chi connectivity index (χ3n) is 3.32. The molecular weight excluding hydrogens is 222 g/mol. The Morgan fingerprint density at radius 2 is 2.24 bits per heavy atom. The molecule has 2 N–H and O–H groups in total. The van der Waals surface area contributed by atoms with Gasteiger partial charge in [0.2, 0.25) is 5.91 Å². The van der Waals surface area contributed by atoms with Gasteiger partial charge in [-0.15, -0.1) is 0 Å². The molecule has 4 amide bonds. The maximum Gasteiger partial charge on any atom is 0.322 e. The Balaban J connectivity index is 2.09. The summed E-state index contributed by atoms with van der Waals surface area (Å²) in [5.74, 6) is -0.253. The summed E-state index contributed by atoms with van der Waals surface area (Å²) in [5, 5.41) is 4.89. The number of rotatable bonds is 2. The Hall–Kier alpha value is -1.59. The SMILES string of the molecule is CCCC(=O)N1CCCC2(C1)NC(=O)NC2=O. The van der Waals surface area contributed by atoms with Crippen LogP contribution in [0.1, 0.15) is 32.6 Å². The van der Waals surface area contributed by atoms with Crippen LogP contribution in [0.25, 0.3) is 0 Å². The minimum absolute atomic E-state index is 0.0560. The molecule has 2 saturated heterocycles. The molecule has 2 aliphatic heterocycles. The van der Waals surface area contributed by atoms with Crippen molar-refractivity contribution in [2.24, 2.45) is 0 Å². The molecule has 1 unspecified atom stereocenters. The molecule has 0 radical (unpaired) electrons. The van der Waals surface area contributed by atoms with Crippen molar-refractivity contribution in [3.63, 3.8) is 0 Å². The molecule has 6 nitrogen and oxygen atoms in total. The molecule has 2 fully saturated rings. The maximum atomic E-state index is 11.8. The van der Waals surface area contributed by atoms with Crippen LogP contribution in [0.5, 0.6) is 0 Å². The molecule has 2 rings (SSSR count). The minimum Gasteiger partial charge on any atom is -0.340 e. The molecule has 6 heteroatoms. The largest absolute Gasteiger partial charge is 0.340 e. The van der Waals surface area contributed by atoms with E-state index in [0.29, 0.717) is 25.9 Å². The molecule has 0 aromatic carbocycles. The number of piperidine rings is 1. The lowest BCUT2D eigenvalue weighted by Gasteiger charge is -2.38. The van der Waals surface area contributed by atoms with Gasteiger partial charge in [-0.25, -0.2) is 4.79 Å². The summed E-state index contributed by atoms with van der Waals surface area (Å²) in [6, 6.07) is -0.459. The topological polar surface area (TPSA) is 78.5 Å². The fraction of sp³-hybridized carbons (Fsp3) is 0.727. The summed E-state index contributed by atoms with van der Waals surface area (Å²) < 4.78 is 0. The predicted octanol–water partition coefficient (Wildman–Crippen LogP) is -0.0129. The lowest BCUT2D eigenvalue weighted by atomic mass is 9.89. The Morgan fingerprint density at radius 1 is 1.47 bits per heavy atom. The second-order valence-electron chi connectivity index (χ2n) is 4.66. The average Bonchev–Trinajstić information content (AvgIpc) is 2.54. The van der Waals surface area contributed by atoms with Gasteiger partial charge in [-0.1, -0.05) is 6.92 Å². The minimum atomic E-state index is -0.890. The smallest absolute Gasteiger partial charge is 0.322 e. The van der Waals surface area contributed by atoms with Gasteiger partial charge in [0.15, 0.2) is 0 Å². The molecule has 94 valence electrons. The van der Waals surface area contributed by atoms with E-state index < -0.39 is 11.6 Å². The molecule has 1 spiro atoms. The van der Waals surface area contributed by atoms with Crippen molar-refractivity contribution in [3.8, 4) is 0 Å². The number of nitrogens with zero attached hydrogens (tertiary/aromatic N) is 1. The van der Waals surface area contributed by atoms with E-state index in [4.69, 9.17) is 0 Å². The zero-order valence-corrected chi connectivity index (χ0v) is 9.91. The Bertz CT molecular complexity index is 369. The molecule has 0 aliphatic carbocycles.